The highest BCUT2D eigenvalue weighted by molar-refractivity contribution is 7.99. The maximum absolute atomic E-state index is 12.4. The van der Waals surface area contributed by atoms with Crippen molar-refractivity contribution in [2.24, 2.45) is 0 Å². The Morgan fingerprint density at radius 1 is 1.38 bits per heavy atom. The Bertz CT molecular complexity index is 1030. The molecule has 1 atom stereocenters. The van der Waals surface area contributed by atoms with E-state index >= 15 is 0 Å². The molecule has 0 fully saturated rings. The van der Waals surface area contributed by atoms with E-state index in [1.165, 1.54) is 23.1 Å². The molecule has 3 rings (SSSR count). The predicted molar refractivity (Wildman–Crippen MR) is 108 cm³/mol. The lowest BCUT2D eigenvalue weighted by Gasteiger charge is -2.12. The van der Waals surface area contributed by atoms with Gasteiger partial charge in [0.25, 0.3) is 5.56 Å². The summed E-state index contributed by atoms with van der Waals surface area (Å²) in [6.07, 6.45) is 1.65. The molecule has 26 heavy (non-hydrogen) atoms. The minimum Gasteiger partial charge on any atom is -0.310 e. The summed E-state index contributed by atoms with van der Waals surface area (Å²) in [5.74, 6) is 1.49. The van der Waals surface area contributed by atoms with Gasteiger partial charge in [0.1, 0.15) is 16.5 Å². The number of amides is 1. The first-order chi connectivity index (χ1) is 12.4. The van der Waals surface area contributed by atoms with Crippen molar-refractivity contribution in [3.63, 3.8) is 0 Å². The molecule has 0 aromatic carbocycles. The number of anilines is 1. The van der Waals surface area contributed by atoms with E-state index in [9.17, 15) is 9.59 Å². The number of pyridine rings is 1. The second kappa shape index (κ2) is 7.59. The molecule has 1 amide bonds. The van der Waals surface area contributed by atoms with Gasteiger partial charge in [0.15, 0.2) is 0 Å². The lowest BCUT2D eigenvalue weighted by molar-refractivity contribution is -0.115. The average molecular weight is 389 g/mol. The summed E-state index contributed by atoms with van der Waals surface area (Å²) in [5.41, 5.74) is 1.78. The molecule has 0 aliphatic heterocycles. The van der Waals surface area contributed by atoms with Crippen molar-refractivity contribution in [1.82, 2.24) is 15.0 Å². The second-order valence-electron chi connectivity index (χ2n) is 6.09. The number of fused-ring (bicyclic) bond motifs is 1. The van der Waals surface area contributed by atoms with Crippen molar-refractivity contribution in [2.75, 3.05) is 5.32 Å². The molecule has 1 unspecified atom stereocenters. The first-order valence-electron chi connectivity index (χ1n) is 8.19. The van der Waals surface area contributed by atoms with Crippen LogP contribution in [-0.2, 0) is 10.5 Å². The maximum atomic E-state index is 12.4. The summed E-state index contributed by atoms with van der Waals surface area (Å²) >= 11 is 2.95. The minimum absolute atomic E-state index is 0.117. The molecule has 0 aliphatic rings. The summed E-state index contributed by atoms with van der Waals surface area (Å²) in [4.78, 5) is 38.1. The van der Waals surface area contributed by atoms with Crippen molar-refractivity contribution < 1.29 is 4.79 Å². The highest BCUT2D eigenvalue weighted by atomic mass is 32.2. The van der Waals surface area contributed by atoms with Gasteiger partial charge in [-0.05, 0) is 44.9 Å². The Balaban J connectivity index is 1.68. The lowest BCUT2D eigenvalue weighted by atomic mass is 10.2. The van der Waals surface area contributed by atoms with Crippen LogP contribution in [0.3, 0.4) is 0 Å². The van der Waals surface area contributed by atoms with E-state index in [1.54, 1.807) is 6.20 Å². The van der Waals surface area contributed by atoms with E-state index in [-0.39, 0.29) is 16.7 Å². The van der Waals surface area contributed by atoms with Crippen molar-refractivity contribution >= 4 is 45.0 Å². The van der Waals surface area contributed by atoms with Crippen LogP contribution in [0.5, 0.6) is 0 Å². The van der Waals surface area contributed by atoms with Crippen molar-refractivity contribution in [3.05, 3.63) is 50.5 Å². The molecule has 0 spiro atoms. The number of aromatic amines is 1. The number of nitrogens with zero attached hydrogens (tertiary/aromatic N) is 2. The number of nitrogens with one attached hydrogen (secondary N) is 2. The van der Waals surface area contributed by atoms with Gasteiger partial charge in [-0.25, -0.2) is 9.97 Å². The van der Waals surface area contributed by atoms with E-state index < -0.39 is 0 Å². The van der Waals surface area contributed by atoms with Gasteiger partial charge in [0.2, 0.25) is 5.91 Å². The van der Waals surface area contributed by atoms with Crippen molar-refractivity contribution in [3.8, 4) is 0 Å². The second-order valence-corrected chi connectivity index (χ2v) is 8.62. The van der Waals surface area contributed by atoms with Gasteiger partial charge < -0.3 is 10.3 Å². The van der Waals surface area contributed by atoms with E-state index in [0.717, 1.165) is 20.8 Å². The Morgan fingerprint density at radius 2 is 2.15 bits per heavy atom. The minimum atomic E-state index is -0.302. The molecular formula is C18H20N4O2S2. The summed E-state index contributed by atoms with van der Waals surface area (Å²) in [6.45, 7) is 7.65. The lowest BCUT2D eigenvalue weighted by Crippen LogP contribution is -2.24. The molecule has 0 aliphatic carbocycles. The van der Waals surface area contributed by atoms with Crippen LogP contribution in [-0.4, -0.2) is 26.1 Å². The Hall–Kier alpha value is -2.19. The fraction of sp³-hybridized carbons (Fsp3) is 0.333. The quantitative estimate of drug-likeness (QED) is 0.698. The third-order valence-electron chi connectivity index (χ3n) is 4.18. The summed E-state index contributed by atoms with van der Waals surface area (Å²) in [7, 11) is 0. The number of hydrogen-bond acceptors (Lipinski definition) is 6. The molecule has 3 heterocycles. The van der Waals surface area contributed by atoms with Crippen molar-refractivity contribution in [2.45, 2.75) is 38.7 Å². The number of aryl methyl sites for hydroxylation is 3. The highest BCUT2D eigenvalue weighted by Crippen LogP contribution is 2.26. The van der Waals surface area contributed by atoms with Gasteiger partial charge in [-0.15, -0.1) is 23.1 Å². The van der Waals surface area contributed by atoms with E-state index in [4.69, 9.17) is 0 Å². The van der Waals surface area contributed by atoms with Crippen LogP contribution in [0.4, 0.5) is 5.82 Å². The number of thioether (sulfide) groups is 1. The highest BCUT2D eigenvalue weighted by Gasteiger charge is 2.17. The fourth-order valence-electron chi connectivity index (χ4n) is 2.48. The standard InChI is InChI=1S/C18H20N4O2S2/c1-9-6-5-7-19-15(9)22-16(23)12(4)25-8-13-20-17(24)14-10(2)11(3)26-18(14)21-13/h5-7,12H,8H2,1-4H3,(H,19,22,23)(H,20,21,24). The third-order valence-corrected chi connectivity index (χ3v) is 6.43. The number of hydrogen-bond donors (Lipinski definition) is 2. The van der Waals surface area contributed by atoms with E-state index in [0.29, 0.717) is 22.8 Å². The zero-order valence-corrected chi connectivity index (χ0v) is 16.7. The number of carbonyl (C=O) groups excluding carboxylic acids is 1. The van der Waals surface area contributed by atoms with Gasteiger partial charge in [-0.3, -0.25) is 9.59 Å². The number of thiophene rings is 1. The number of H-pyrrole nitrogens is 1. The molecule has 8 heteroatoms. The first kappa shape index (κ1) is 18.6. The largest absolute Gasteiger partial charge is 0.310 e. The zero-order chi connectivity index (χ0) is 18.8. The van der Waals surface area contributed by atoms with Crippen LogP contribution in [0.1, 0.15) is 28.8 Å². The molecule has 136 valence electrons. The van der Waals surface area contributed by atoms with Crippen LogP contribution < -0.4 is 10.9 Å². The molecular weight excluding hydrogens is 368 g/mol. The van der Waals surface area contributed by atoms with Crippen LogP contribution in [0.15, 0.2) is 23.1 Å². The molecule has 6 nitrogen and oxygen atoms in total. The van der Waals surface area contributed by atoms with Gasteiger partial charge in [0, 0.05) is 11.1 Å². The molecule has 0 saturated carbocycles. The first-order valence-corrected chi connectivity index (χ1v) is 10.1. The topological polar surface area (TPSA) is 87.7 Å². The molecule has 0 bridgehead atoms. The van der Waals surface area contributed by atoms with Crippen LogP contribution in [0, 0.1) is 20.8 Å². The normalized spacial score (nSPS) is 12.3. The molecule has 2 N–H and O–H groups in total. The summed E-state index contributed by atoms with van der Waals surface area (Å²) in [6, 6.07) is 3.73. The van der Waals surface area contributed by atoms with Gasteiger partial charge in [-0.1, -0.05) is 6.07 Å². The van der Waals surface area contributed by atoms with E-state index in [2.05, 4.69) is 20.3 Å². The number of carbonyl (C=O) groups is 1. The van der Waals surface area contributed by atoms with E-state index in [1.807, 2.05) is 39.8 Å². The summed E-state index contributed by atoms with van der Waals surface area (Å²) in [5, 5.41) is 3.20. The van der Waals surface area contributed by atoms with Gasteiger partial charge >= 0.3 is 0 Å². The summed E-state index contributed by atoms with van der Waals surface area (Å²) < 4.78 is 0. The van der Waals surface area contributed by atoms with Crippen molar-refractivity contribution in [1.29, 1.82) is 0 Å². The fourth-order valence-corrected chi connectivity index (χ4v) is 4.29. The molecule has 0 saturated heterocycles. The smallest absolute Gasteiger partial charge is 0.259 e. The molecule has 3 aromatic heterocycles. The third kappa shape index (κ3) is 3.81. The van der Waals surface area contributed by atoms with Gasteiger partial charge in [0.05, 0.1) is 16.4 Å². The van der Waals surface area contributed by atoms with Crippen LogP contribution >= 0.6 is 23.1 Å². The Labute approximate surface area is 159 Å². The number of aromatic nitrogens is 3. The average Bonchev–Trinajstić information content (AvgIpc) is 2.89. The zero-order valence-electron chi connectivity index (χ0n) is 15.0. The monoisotopic (exact) mass is 388 g/mol. The maximum Gasteiger partial charge on any atom is 0.259 e. The molecule has 0 radical (unpaired) electrons. The van der Waals surface area contributed by atoms with Crippen LogP contribution in [0.2, 0.25) is 0 Å². The number of rotatable bonds is 5. The Kier molecular flexibility index (Phi) is 5.43. The molecule has 3 aromatic rings. The van der Waals surface area contributed by atoms with Gasteiger partial charge in [-0.2, -0.15) is 0 Å². The predicted octanol–water partition coefficient (Wildman–Crippen LogP) is 3.57. The Morgan fingerprint density at radius 3 is 2.88 bits per heavy atom. The SMILES string of the molecule is Cc1cccnc1NC(=O)C(C)SCc1nc2sc(C)c(C)c2c(=O)[nH]1. The van der Waals surface area contributed by atoms with Crippen LogP contribution in [0.25, 0.3) is 10.2 Å².